The first-order valence-corrected chi connectivity index (χ1v) is 10.2. The highest BCUT2D eigenvalue weighted by molar-refractivity contribution is 5.97. The van der Waals surface area contributed by atoms with Crippen LogP contribution in [0.1, 0.15) is 38.7 Å². The molecule has 0 bridgehead atoms. The summed E-state index contributed by atoms with van der Waals surface area (Å²) in [6.45, 7) is 5.22. The number of hydrogen-bond donors (Lipinski definition) is 1. The number of benzene rings is 2. The highest BCUT2D eigenvalue weighted by atomic mass is 16.5. The summed E-state index contributed by atoms with van der Waals surface area (Å²) in [5.74, 6) is 1.23. The maximum atomic E-state index is 12.2. The van der Waals surface area contributed by atoms with Gasteiger partial charge >= 0.3 is 0 Å². The minimum Gasteiger partial charge on any atom is -0.543 e. The van der Waals surface area contributed by atoms with E-state index in [1.165, 1.54) is 0 Å². The fourth-order valence-electron chi connectivity index (χ4n) is 3.91. The number of nitrogens with one attached hydrogen (secondary N) is 1. The number of aromatic nitrogens is 1. The van der Waals surface area contributed by atoms with Gasteiger partial charge in [-0.25, -0.2) is 0 Å². The molecular weight excluding hydrogens is 392 g/mol. The van der Waals surface area contributed by atoms with Gasteiger partial charge in [0.25, 0.3) is 0 Å². The number of furan rings is 1. The van der Waals surface area contributed by atoms with Crippen LogP contribution in [0.4, 0.5) is 0 Å². The monoisotopic (exact) mass is 417 g/mol. The zero-order valence-corrected chi connectivity index (χ0v) is 17.9. The lowest BCUT2D eigenvalue weighted by atomic mass is 10.1. The van der Waals surface area contributed by atoms with Crippen molar-refractivity contribution in [1.82, 2.24) is 9.88 Å². The number of aryl methyl sites for hydroxylation is 2. The highest BCUT2D eigenvalue weighted by Gasteiger charge is 2.18. The SMILES string of the molecule is COc1ccc(Cn2c(C(=O)[O-])c(CNCc3ccc(C)o3)c3ccc(C)cc32)cc1. The van der Waals surface area contributed by atoms with E-state index in [9.17, 15) is 9.90 Å². The van der Waals surface area contributed by atoms with Crippen LogP contribution >= 0.6 is 0 Å². The molecule has 1 N–H and O–H groups in total. The topological polar surface area (TPSA) is 79.5 Å². The van der Waals surface area contributed by atoms with Gasteiger partial charge in [-0.3, -0.25) is 0 Å². The first kappa shape index (κ1) is 20.8. The Labute approximate surface area is 181 Å². The van der Waals surface area contributed by atoms with Crippen LogP contribution < -0.4 is 15.2 Å². The van der Waals surface area contributed by atoms with E-state index in [0.717, 1.165) is 39.3 Å². The van der Waals surface area contributed by atoms with E-state index in [-0.39, 0.29) is 5.69 Å². The third kappa shape index (κ3) is 4.34. The summed E-state index contributed by atoms with van der Waals surface area (Å²) in [6.07, 6.45) is 0. The third-order valence-electron chi connectivity index (χ3n) is 5.42. The van der Waals surface area contributed by atoms with Gasteiger partial charge in [-0.15, -0.1) is 0 Å². The summed E-state index contributed by atoms with van der Waals surface area (Å²) in [7, 11) is 1.62. The number of fused-ring (bicyclic) bond motifs is 1. The Morgan fingerprint density at radius 1 is 1.06 bits per heavy atom. The number of carbonyl (C=O) groups excluding carboxylic acids is 1. The predicted octanol–water partition coefficient (Wildman–Crippen LogP) is 3.56. The summed E-state index contributed by atoms with van der Waals surface area (Å²) in [4.78, 5) is 12.2. The normalized spacial score (nSPS) is 11.2. The zero-order valence-electron chi connectivity index (χ0n) is 17.9. The summed E-state index contributed by atoms with van der Waals surface area (Å²) in [5, 5.41) is 16.4. The van der Waals surface area contributed by atoms with E-state index in [4.69, 9.17) is 9.15 Å². The lowest BCUT2D eigenvalue weighted by Gasteiger charge is -2.14. The molecule has 0 aliphatic carbocycles. The zero-order chi connectivity index (χ0) is 22.0. The van der Waals surface area contributed by atoms with Crippen LogP contribution in [-0.2, 0) is 19.6 Å². The Bertz CT molecular complexity index is 1220. The van der Waals surface area contributed by atoms with Crippen molar-refractivity contribution < 1.29 is 19.1 Å². The summed E-state index contributed by atoms with van der Waals surface area (Å²) in [6, 6.07) is 17.5. The fraction of sp³-hybridized carbons (Fsp3) is 0.240. The largest absolute Gasteiger partial charge is 0.543 e. The summed E-state index contributed by atoms with van der Waals surface area (Å²) in [5.41, 5.74) is 3.83. The number of carboxylic acid groups (broad SMARTS) is 1. The average Bonchev–Trinajstić information content (AvgIpc) is 3.29. The number of rotatable bonds is 8. The van der Waals surface area contributed by atoms with E-state index in [1.807, 2.05) is 73.0 Å². The van der Waals surface area contributed by atoms with Crippen LogP contribution in [0, 0.1) is 13.8 Å². The lowest BCUT2D eigenvalue weighted by molar-refractivity contribution is -0.255. The van der Waals surface area contributed by atoms with Gasteiger partial charge in [-0.1, -0.05) is 24.3 Å². The van der Waals surface area contributed by atoms with Crippen molar-refractivity contribution in [1.29, 1.82) is 0 Å². The molecule has 2 aromatic carbocycles. The highest BCUT2D eigenvalue weighted by Crippen LogP contribution is 2.29. The molecule has 0 atom stereocenters. The molecule has 0 aliphatic heterocycles. The number of ether oxygens (including phenoxy) is 1. The molecule has 0 unspecified atom stereocenters. The molecule has 0 fully saturated rings. The molecule has 0 saturated carbocycles. The van der Waals surface area contributed by atoms with Crippen molar-refractivity contribution in [2.45, 2.75) is 33.5 Å². The third-order valence-corrected chi connectivity index (χ3v) is 5.42. The molecule has 6 nitrogen and oxygen atoms in total. The molecule has 0 amide bonds. The molecule has 2 aromatic heterocycles. The molecule has 4 rings (SSSR count). The van der Waals surface area contributed by atoms with Gasteiger partial charge in [-0.05, 0) is 55.3 Å². The Balaban J connectivity index is 1.72. The van der Waals surface area contributed by atoms with Crippen LogP contribution in [0.3, 0.4) is 0 Å². The number of carbonyl (C=O) groups is 1. The van der Waals surface area contributed by atoms with Gasteiger partial charge in [-0.2, -0.15) is 0 Å². The van der Waals surface area contributed by atoms with E-state index >= 15 is 0 Å². The minimum absolute atomic E-state index is 0.194. The van der Waals surface area contributed by atoms with Gasteiger partial charge in [0.2, 0.25) is 0 Å². The quantitative estimate of drug-likeness (QED) is 0.474. The number of aromatic carboxylic acids is 1. The van der Waals surface area contributed by atoms with E-state index in [1.54, 1.807) is 7.11 Å². The van der Waals surface area contributed by atoms with Crippen molar-refractivity contribution in [3.8, 4) is 5.75 Å². The fourth-order valence-corrected chi connectivity index (χ4v) is 3.91. The van der Waals surface area contributed by atoms with Crippen molar-refractivity contribution in [2.75, 3.05) is 7.11 Å². The van der Waals surface area contributed by atoms with E-state index in [0.29, 0.717) is 25.2 Å². The summed E-state index contributed by atoms with van der Waals surface area (Å²) < 4.78 is 12.7. The number of methoxy groups -OCH3 is 1. The molecule has 0 saturated heterocycles. The first-order chi connectivity index (χ1) is 15.0. The standard InChI is InChI=1S/C25H26N2O4/c1-16-4-11-21-22(14-26-13-20-8-5-17(2)31-20)24(25(28)29)27(23(21)12-16)15-18-6-9-19(30-3)10-7-18/h4-12,26H,13-15H2,1-3H3,(H,28,29)/p-1. The predicted molar refractivity (Wildman–Crippen MR) is 117 cm³/mol. The van der Waals surface area contributed by atoms with Gasteiger partial charge < -0.3 is 28.9 Å². The molecule has 0 radical (unpaired) electrons. The van der Waals surface area contributed by atoms with E-state index < -0.39 is 5.97 Å². The Morgan fingerprint density at radius 3 is 2.48 bits per heavy atom. The molecule has 0 aliphatic rings. The molecule has 2 heterocycles. The summed E-state index contributed by atoms with van der Waals surface area (Å²) >= 11 is 0. The lowest BCUT2D eigenvalue weighted by Crippen LogP contribution is -2.28. The maximum Gasteiger partial charge on any atom is 0.118 e. The number of nitrogens with zero attached hydrogens (tertiary/aromatic N) is 1. The van der Waals surface area contributed by atoms with Crippen molar-refractivity contribution in [2.24, 2.45) is 0 Å². The number of hydrogen-bond acceptors (Lipinski definition) is 5. The van der Waals surface area contributed by atoms with Crippen molar-refractivity contribution >= 4 is 16.9 Å². The van der Waals surface area contributed by atoms with Crippen LogP contribution in [0.25, 0.3) is 10.9 Å². The van der Waals surface area contributed by atoms with Crippen LogP contribution in [-0.4, -0.2) is 17.6 Å². The average molecular weight is 417 g/mol. The van der Waals surface area contributed by atoms with Crippen molar-refractivity contribution in [3.05, 3.63) is 88.5 Å². The molecule has 0 spiro atoms. The first-order valence-electron chi connectivity index (χ1n) is 10.2. The van der Waals surface area contributed by atoms with Gasteiger partial charge in [0, 0.05) is 29.6 Å². The Hall–Kier alpha value is -3.51. The smallest absolute Gasteiger partial charge is 0.118 e. The molecule has 6 heteroatoms. The second-order valence-corrected chi connectivity index (χ2v) is 7.69. The number of carboxylic acids is 1. The molecular formula is C25H25N2O4-. The van der Waals surface area contributed by atoms with E-state index in [2.05, 4.69) is 5.32 Å². The van der Waals surface area contributed by atoms with Crippen molar-refractivity contribution in [3.63, 3.8) is 0 Å². The van der Waals surface area contributed by atoms with Crippen LogP contribution in [0.2, 0.25) is 0 Å². The molecule has 160 valence electrons. The maximum absolute atomic E-state index is 12.2. The minimum atomic E-state index is -1.19. The van der Waals surface area contributed by atoms with Gasteiger partial charge in [0.05, 0.1) is 25.3 Å². The Morgan fingerprint density at radius 2 is 1.84 bits per heavy atom. The molecule has 31 heavy (non-hydrogen) atoms. The van der Waals surface area contributed by atoms with Gasteiger partial charge in [0.15, 0.2) is 0 Å². The molecule has 4 aromatic rings. The Kier molecular flexibility index (Phi) is 5.82. The van der Waals surface area contributed by atoms with Crippen LogP contribution in [0.15, 0.2) is 59.0 Å². The van der Waals surface area contributed by atoms with Crippen LogP contribution in [0.5, 0.6) is 5.75 Å². The van der Waals surface area contributed by atoms with Gasteiger partial charge in [0.1, 0.15) is 17.3 Å². The second-order valence-electron chi connectivity index (χ2n) is 7.69. The second kappa shape index (κ2) is 8.70.